The van der Waals surface area contributed by atoms with Crippen LogP contribution in [0.1, 0.15) is 0 Å². The first kappa shape index (κ1) is 13.6. The smallest absolute Gasteiger partial charge is 0.230 e. The number of carbonyl (C=O) groups excluding carboxylic acids is 1. The van der Waals surface area contributed by atoms with Crippen LogP contribution in [0.5, 0.6) is 0 Å². The lowest BCUT2D eigenvalue weighted by atomic mass is 10.2. The molecule has 6 nitrogen and oxygen atoms in total. The summed E-state index contributed by atoms with van der Waals surface area (Å²) in [6, 6.07) is 7.84. The molecule has 2 aromatic heterocycles. The van der Waals surface area contributed by atoms with E-state index in [4.69, 9.17) is 0 Å². The van der Waals surface area contributed by atoms with Crippen LogP contribution in [0.3, 0.4) is 0 Å². The number of aromatic amines is 1. The SMILES string of the molecule is C=CCNC(=O)CSc1nnc2c(n1)[nH]c1ccccc12. The molecule has 0 radical (unpaired) electrons. The lowest BCUT2D eigenvalue weighted by Gasteiger charge is -2.00. The Bertz CT molecular complexity index is 813. The lowest BCUT2D eigenvalue weighted by Crippen LogP contribution is -2.25. The predicted octanol–water partition coefficient (Wildman–Crippen LogP) is 1.90. The van der Waals surface area contributed by atoms with Crippen molar-refractivity contribution in [2.75, 3.05) is 12.3 Å². The first-order valence-corrected chi connectivity index (χ1v) is 7.38. The summed E-state index contributed by atoms with van der Waals surface area (Å²) in [5.74, 6) is 0.168. The molecule has 21 heavy (non-hydrogen) atoms. The molecule has 0 unspecified atom stereocenters. The summed E-state index contributed by atoms with van der Waals surface area (Å²) in [4.78, 5) is 19.1. The van der Waals surface area contributed by atoms with Gasteiger partial charge in [0, 0.05) is 17.4 Å². The molecule has 7 heteroatoms. The molecular formula is C14H13N5OS. The van der Waals surface area contributed by atoms with E-state index in [0.717, 1.165) is 16.4 Å². The van der Waals surface area contributed by atoms with Crippen LogP contribution in [0, 0.1) is 0 Å². The number of para-hydroxylation sites is 1. The number of nitrogens with zero attached hydrogens (tertiary/aromatic N) is 3. The lowest BCUT2D eigenvalue weighted by molar-refractivity contribution is -0.118. The number of H-pyrrole nitrogens is 1. The molecule has 0 aliphatic rings. The fraction of sp³-hybridized carbons (Fsp3) is 0.143. The molecule has 0 aliphatic carbocycles. The molecular weight excluding hydrogens is 286 g/mol. The third-order valence-corrected chi connectivity index (χ3v) is 3.72. The normalized spacial score (nSPS) is 10.9. The highest BCUT2D eigenvalue weighted by Gasteiger charge is 2.10. The van der Waals surface area contributed by atoms with E-state index in [1.165, 1.54) is 11.8 Å². The molecule has 106 valence electrons. The topological polar surface area (TPSA) is 83.6 Å². The zero-order valence-corrected chi connectivity index (χ0v) is 12.0. The molecule has 0 bridgehead atoms. The zero-order valence-electron chi connectivity index (χ0n) is 11.2. The third-order valence-electron chi connectivity index (χ3n) is 2.88. The van der Waals surface area contributed by atoms with Crippen molar-refractivity contribution in [2.45, 2.75) is 5.16 Å². The van der Waals surface area contributed by atoms with Gasteiger partial charge in [0.2, 0.25) is 11.1 Å². The summed E-state index contributed by atoms with van der Waals surface area (Å²) in [5, 5.41) is 12.4. The summed E-state index contributed by atoms with van der Waals surface area (Å²) in [5.41, 5.74) is 2.39. The molecule has 2 N–H and O–H groups in total. The number of amides is 1. The largest absolute Gasteiger partial charge is 0.352 e. The molecule has 3 rings (SSSR count). The molecule has 0 saturated carbocycles. The van der Waals surface area contributed by atoms with Crippen molar-refractivity contribution in [3.05, 3.63) is 36.9 Å². The Morgan fingerprint density at radius 1 is 1.38 bits per heavy atom. The second-order valence-electron chi connectivity index (χ2n) is 4.34. The van der Waals surface area contributed by atoms with Crippen molar-refractivity contribution in [1.82, 2.24) is 25.5 Å². The highest BCUT2D eigenvalue weighted by molar-refractivity contribution is 7.99. The number of rotatable bonds is 5. The van der Waals surface area contributed by atoms with Gasteiger partial charge in [0.25, 0.3) is 0 Å². The molecule has 1 aromatic carbocycles. The van der Waals surface area contributed by atoms with E-state index in [1.54, 1.807) is 6.08 Å². The number of nitrogens with one attached hydrogen (secondary N) is 2. The van der Waals surface area contributed by atoms with Crippen LogP contribution in [0.25, 0.3) is 22.1 Å². The van der Waals surface area contributed by atoms with E-state index in [0.29, 0.717) is 17.3 Å². The fourth-order valence-corrected chi connectivity index (χ4v) is 2.55. The fourth-order valence-electron chi connectivity index (χ4n) is 1.93. The Balaban J connectivity index is 1.79. The van der Waals surface area contributed by atoms with Crippen LogP contribution in [0.2, 0.25) is 0 Å². The number of hydrogen-bond donors (Lipinski definition) is 2. The highest BCUT2D eigenvalue weighted by Crippen LogP contribution is 2.22. The highest BCUT2D eigenvalue weighted by atomic mass is 32.2. The predicted molar refractivity (Wildman–Crippen MR) is 83.1 cm³/mol. The summed E-state index contributed by atoms with van der Waals surface area (Å²) >= 11 is 1.25. The van der Waals surface area contributed by atoms with E-state index in [1.807, 2.05) is 24.3 Å². The van der Waals surface area contributed by atoms with Gasteiger partial charge >= 0.3 is 0 Å². The van der Waals surface area contributed by atoms with Crippen LogP contribution in [-0.2, 0) is 4.79 Å². The van der Waals surface area contributed by atoms with Crippen molar-refractivity contribution in [3.63, 3.8) is 0 Å². The summed E-state index contributed by atoms with van der Waals surface area (Å²) in [6.45, 7) is 4.00. The monoisotopic (exact) mass is 299 g/mol. The second-order valence-corrected chi connectivity index (χ2v) is 5.29. The van der Waals surface area contributed by atoms with Crippen molar-refractivity contribution < 1.29 is 4.79 Å². The molecule has 0 spiro atoms. The molecule has 1 amide bonds. The molecule has 0 fully saturated rings. The van der Waals surface area contributed by atoms with Gasteiger partial charge in [0.15, 0.2) is 5.65 Å². The number of carbonyl (C=O) groups is 1. The number of thioether (sulfide) groups is 1. The standard InChI is InChI=1S/C14H13N5OS/c1-2-7-15-11(20)8-21-14-17-13-12(18-19-14)9-5-3-4-6-10(9)16-13/h2-6H,1,7-8H2,(H,15,20)(H,16,17,19). The van der Waals surface area contributed by atoms with Gasteiger partial charge in [0.05, 0.1) is 5.75 Å². The summed E-state index contributed by atoms with van der Waals surface area (Å²) in [7, 11) is 0. The molecule has 0 atom stereocenters. The first-order chi connectivity index (χ1) is 10.3. The number of hydrogen-bond acceptors (Lipinski definition) is 5. The summed E-state index contributed by atoms with van der Waals surface area (Å²) < 4.78 is 0. The van der Waals surface area contributed by atoms with Gasteiger partial charge in [-0.2, -0.15) is 0 Å². The van der Waals surface area contributed by atoms with Crippen LogP contribution < -0.4 is 5.32 Å². The quantitative estimate of drug-likeness (QED) is 0.555. The number of aromatic nitrogens is 4. The molecule has 0 aliphatic heterocycles. The number of benzene rings is 1. The van der Waals surface area contributed by atoms with Crippen LogP contribution in [-0.4, -0.2) is 38.4 Å². The van der Waals surface area contributed by atoms with Gasteiger partial charge in [-0.15, -0.1) is 16.8 Å². The molecule has 2 heterocycles. The maximum atomic E-state index is 11.5. The molecule has 0 saturated heterocycles. The maximum Gasteiger partial charge on any atom is 0.230 e. The van der Waals surface area contributed by atoms with E-state index in [-0.39, 0.29) is 11.7 Å². The first-order valence-electron chi connectivity index (χ1n) is 6.39. The van der Waals surface area contributed by atoms with Crippen LogP contribution in [0.15, 0.2) is 42.1 Å². The van der Waals surface area contributed by atoms with Gasteiger partial charge in [-0.3, -0.25) is 4.79 Å². The third kappa shape index (κ3) is 2.87. The Hall–Kier alpha value is -2.41. The van der Waals surface area contributed by atoms with Crippen molar-refractivity contribution in [3.8, 4) is 0 Å². The van der Waals surface area contributed by atoms with E-state index in [2.05, 4.69) is 32.1 Å². The Kier molecular flexibility index (Phi) is 3.83. The maximum absolute atomic E-state index is 11.5. The molecule has 3 aromatic rings. The Labute approximate surface area is 125 Å². The minimum Gasteiger partial charge on any atom is -0.352 e. The minimum absolute atomic E-state index is 0.0831. The van der Waals surface area contributed by atoms with E-state index >= 15 is 0 Å². The number of fused-ring (bicyclic) bond motifs is 3. The van der Waals surface area contributed by atoms with Crippen molar-refractivity contribution >= 4 is 39.7 Å². The zero-order chi connectivity index (χ0) is 14.7. The van der Waals surface area contributed by atoms with E-state index in [9.17, 15) is 4.79 Å². The van der Waals surface area contributed by atoms with E-state index < -0.39 is 0 Å². The van der Waals surface area contributed by atoms with Gasteiger partial charge in [-0.1, -0.05) is 36.0 Å². The average Bonchev–Trinajstić information content (AvgIpc) is 2.88. The second kappa shape index (κ2) is 5.92. The van der Waals surface area contributed by atoms with Gasteiger partial charge in [-0.25, -0.2) is 4.98 Å². The summed E-state index contributed by atoms with van der Waals surface area (Å²) in [6.07, 6.45) is 1.64. The van der Waals surface area contributed by atoms with Gasteiger partial charge < -0.3 is 10.3 Å². The Morgan fingerprint density at radius 3 is 3.10 bits per heavy atom. The van der Waals surface area contributed by atoms with Crippen LogP contribution >= 0.6 is 11.8 Å². The minimum atomic E-state index is -0.0831. The van der Waals surface area contributed by atoms with Crippen molar-refractivity contribution in [2.24, 2.45) is 0 Å². The van der Waals surface area contributed by atoms with Gasteiger partial charge in [0.1, 0.15) is 5.52 Å². The Morgan fingerprint density at radius 2 is 2.24 bits per heavy atom. The average molecular weight is 299 g/mol. The van der Waals surface area contributed by atoms with Crippen LogP contribution in [0.4, 0.5) is 0 Å². The van der Waals surface area contributed by atoms with Crippen molar-refractivity contribution in [1.29, 1.82) is 0 Å². The van der Waals surface area contributed by atoms with Gasteiger partial charge in [-0.05, 0) is 6.07 Å².